The molecule has 2 heterocycles. The molecular formula is C23H23ClN4O3. The highest BCUT2D eigenvalue weighted by Crippen LogP contribution is 2.37. The van der Waals surface area contributed by atoms with Crippen LogP contribution in [0.15, 0.2) is 36.4 Å². The topological polar surface area (TPSA) is 89.5 Å². The highest BCUT2D eigenvalue weighted by atomic mass is 35.5. The van der Waals surface area contributed by atoms with Gasteiger partial charge in [-0.1, -0.05) is 23.7 Å². The Balaban J connectivity index is 1.31. The fourth-order valence-electron chi connectivity index (χ4n) is 4.14. The van der Waals surface area contributed by atoms with Crippen LogP contribution in [0.2, 0.25) is 5.02 Å². The molecule has 2 N–H and O–H groups in total. The molecule has 2 amide bonds. The lowest BCUT2D eigenvalue weighted by molar-refractivity contribution is -0.143. The fraction of sp³-hybridized carbons (Fsp3) is 0.348. The quantitative estimate of drug-likeness (QED) is 0.657. The van der Waals surface area contributed by atoms with Crippen molar-refractivity contribution in [3.8, 4) is 11.1 Å². The maximum absolute atomic E-state index is 12.9. The molecule has 2 aromatic carbocycles. The molecule has 1 saturated heterocycles. The SMILES string of the molecule is Cc1nc2c(-c3ccc(C(=O)N4CCN(C(=O)C5(O)CC5)CC4)cc3)cc(Cl)cc2[nH]1. The van der Waals surface area contributed by atoms with Crippen LogP contribution < -0.4 is 0 Å². The number of aryl methyl sites for hydroxylation is 1. The second kappa shape index (κ2) is 7.35. The van der Waals surface area contributed by atoms with Crippen molar-refractivity contribution in [1.82, 2.24) is 19.8 Å². The molecule has 2 fully saturated rings. The Morgan fingerprint density at radius 2 is 1.71 bits per heavy atom. The van der Waals surface area contributed by atoms with Gasteiger partial charge in [0.25, 0.3) is 11.8 Å². The van der Waals surface area contributed by atoms with E-state index in [9.17, 15) is 14.7 Å². The Labute approximate surface area is 184 Å². The van der Waals surface area contributed by atoms with E-state index in [4.69, 9.17) is 11.6 Å². The number of aromatic amines is 1. The molecule has 0 bridgehead atoms. The Morgan fingerprint density at radius 1 is 1.06 bits per heavy atom. The van der Waals surface area contributed by atoms with Crippen LogP contribution in [0.4, 0.5) is 0 Å². The fourth-order valence-corrected chi connectivity index (χ4v) is 4.36. The summed E-state index contributed by atoms with van der Waals surface area (Å²) in [5.41, 5.74) is 3.02. The van der Waals surface area contributed by atoms with E-state index in [1.807, 2.05) is 43.3 Å². The number of H-pyrrole nitrogens is 1. The van der Waals surface area contributed by atoms with Crippen molar-refractivity contribution in [3.05, 3.63) is 52.8 Å². The molecule has 0 radical (unpaired) electrons. The van der Waals surface area contributed by atoms with E-state index in [0.717, 1.165) is 28.0 Å². The number of aromatic nitrogens is 2. The maximum atomic E-state index is 12.9. The lowest BCUT2D eigenvalue weighted by Gasteiger charge is -2.35. The first-order chi connectivity index (χ1) is 14.8. The van der Waals surface area contributed by atoms with Gasteiger partial charge in [-0.05, 0) is 49.6 Å². The third-order valence-electron chi connectivity index (χ3n) is 6.09. The Bertz CT molecular complexity index is 1180. The number of hydrogen-bond acceptors (Lipinski definition) is 4. The van der Waals surface area contributed by atoms with Gasteiger partial charge in [0, 0.05) is 42.3 Å². The monoisotopic (exact) mass is 438 g/mol. The number of carbonyl (C=O) groups is 2. The highest BCUT2D eigenvalue weighted by molar-refractivity contribution is 6.31. The van der Waals surface area contributed by atoms with Crippen molar-refractivity contribution in [2.75, 3.05) is 26.2 Å². The second-order valence-corrected chi connectivity index (χ2v) is 8.80. The van der Waals surface area contributed by atoms with Crippen molar-refractivity contribution in [1.29, 1.82) is 0 Å². The first-order valence-corrected chi connectivity index (χ1v) is 10.8. The largest absolute Gasteiger partial charge is 0.380 e. The number of benzene rings is 2. The van der Waals surface area contributed by atoms with Gasteiger partial charge in [0.05, 0.1) is 11.0 Å². The summed E-state index contributed by atoms with van der Waals surface area (Å²) in [4.78, 5) is 36.4. The van der Waals surface area contributed by atoms with Gasteiger partial charge < -0.3 is 19.9 Å². The molecule has 3 aromatic rings. The van der Waals surface area contributed by atoms with Gasteiger partial charge in [0.15, 0.2) is 0 Å². The van der Waals surface area contributed by atoms with E-state index in [0.29, 0.717) is 49.6 Å². The van der Waals surface area contributed by atoms with Gasteiger partial charge in [0.1, 0.15) is 11.4 Å². The maximum Gasteiger partial charge on any atom is 0.254 e. The lowest BCUT2D eigenvalue weighted by atomic mass is 10.0. The van der Waals surface area contributed by atoms with Crippen LogP contribution in [-0.2, 0) is 4.79 Å². The number of fused-ring (bicyclic) bond motifs is 1. The molecule has 5 rings (SSSR count). The first kappa shape index (κ1) is 20.0. The number of hydrogen-bond donors (Lipinski definition) is 2. The number of amides is 2. The van der Waals surface area contributed by atoms with E-state index < -0.39 is 5.60 Å². The van der Waals surface area contributed by atoms with Gasteiger partial charge in [-0.15, -0.1) is 0 Å². The summed E-state index contributed by atoms with van der Waals surface area (Å²) in [5, 5.41) is 10.6. The smallest absolute Gasteiger partial charge is 0.254 e. The van der Waals surface area contributed by atoms with Crippen LogP contribution >= 0.6 is 11.6 Å². The number of imidazole rings is 1. The van der Waals surface area contributed by atoms with Crippen LogP contribution in [0.3, 0.4) is 0 Å². The van der Waals surface area contributed by atoms with Crippen LogP contribution in [0, 0.1) is 6.92 Å². The average molecular weight is 439 g/mol. The van der Waals surface area contributed by atoms with Gasteiger partial charge in [-0.2, -0.15) is 0 Å². The normalized spacial score (nSPS) is 17.8. The number of nitrogens with zero attached hydrogens (tertiary/aromatic N) is 3. The predicted molar refractivity (Wildman–Crippen MR) is 118 cm³/mol. The molecular weight excluding hydrogens is 416 g/mol. The van der Waals surface area contributed by atoms with Crippen molar-refractivity contribution in [2.24, 2.45) is 0 Å². The average Bonchev–Trinajstić information content (AvgIpc) is 3.42. The molecule has 0 spiro atoms. The number of aliphatic hydroxyl groups is 1. The minimum absolute atomic E-state index is 0.0596. The number of halogens is 1. The molecule has 2 aliphatic rings. The minimum Gasteiger partial charge on any atom is -0.380 e. The van der Waals surface area contributed by atoms with Crippen molar-refractivity contribution in [3.63, 3.8) is 0 Å². The summed E-state index contributed by atoms with van der Waals surface area (Å²) < 4.78 is 0. The zero-order valence-corrected chi connectivity index (χ0v) is 17.9. The highest BCUT2D eigenvalue weighted by Gasteiger charge is 2.50. The van der Waals surface area contributed by atoms with E-state index in [1.54, 1.807) is 9.80 Å². The third kappa shape index (κ3) is 3.68. The summed E-state index contributed by atoms with van der Waals surface area (Å²) in [6.07, 6.45) is 1.07. The first-order valence-electron chi connectivity index (χ1n) is 10.4. The molecule has 160 valence electrons. The number of nitrogens with one attached hydrogen (secondary N) is 1. The van der Waals surface area contributed by atoms with Crippen molar-refractivity contribution >= 4 is 34.4 Å². The summed E-state index contributed by atoms with van der Waals surface area (Å²) >= 11 is 6.28. The van der Waals surface area contributed by atoms with Gasteiger partial charge in [-0.25, -0.2) is 4.98 Å². The van der Waals surface area contributed by atoms with Gasteiger partial charge in [-0.3, -0.25) is 9.59 Å². The number of rotatable bonds is 3. The van der Waals surface area contributed by atoms with Crippen LogP contribution in [-0.4, -0.2) is 68.5 Å². The zero-order valence-electron chi connectivity index (χ0n) is 17.2. The molecule has 8 heteroatoms. The van der Waals surface area contributed by atoms with E-state index in [1.165, 1.54) is 0 Å². The molecule has 0 atom stereocenters. The predicted octanol–water partition coefficient (Wildman–Crippen LogP) is 3.00. The van der Waals surface area contributed by atoms with Crippen LogP contribution in [0.25, 0.3) is 22.2 Å². The molecule has 1 saturated carbocycles. The van der Waals surface area contributed by atoms with Crippen molar-refractivity contribution < 1.29 is 14.7 Å². The summed E-state index contributed by atoms with van der Waals surface area (Å²) in [7, 11) is 0. The molecule has 31 heavy (non-hydrogen) atoms. The Kier molecular flexibility index (Phi) is 4.75. The second-order valence-electron chi connectivity index (χ2n) is 8.37. The van der Waals surface area contributed by atoms with Crippen LogP contribution in [0.1, 0.15) is 29.0 Å². The number of piperazine rings is 1. The third-order valence-corrected chi connectivity index (χ3v) is 6.31. The van der Waals surface area contributed by atoms with Crippen molar-refractivity contribution in [2.45, 2.75) is 25.4 Å². The minimum atomic E-state index is -1.15. The van der Waals surface area contributed by atoms with E-state index in [-0.39, 0.29) is 11.8 Å². The van der Waals surface area contributed by atoms with Gasteiger partial charge in [0.2, 0.25) is 0 Å². The molecule has 1 aromatic heterocycles. The molecule has 1 aliphatic heterocycles. The number of carbonyl (C=O) groups excluding carboxylic acids is 2. The standard InChI is InChI=1S/C23H23ClN4O3/c1-14-25-19-13-17(24)12-18(20(19)26-14)15-2-4-16(5-3-15)21(29)27-8-10-28(11-9-27)22(30)23(31)6-7-23/h2-5,12-13,31H,6-11H2,1H3,(H,25,26). The molecule has 0 unspecified atom stereocenters. The summed E-state index contributed by atoms with van der Waals surface area (Å²) in [6.45, 7) is 3.72. The summed E-state index contributed by atoms with van der Waals surface area (Å²) in [6, 6.07) is 11.2. The van der Waals surface area contributed by atoms with Crippen LogP contribution in [0.5, 0.6) is 0 Å². The molecule has 7 nitrogen and oxygen atoms in total. The van der Waals surface area contributed by atoms with E-state index >= 15 is 0 Å². The Morgan fingerprint density at radius 3 is 2.35 bits per heavy atom. The molecule has 1 aliphatic carbocycles. The van der Waals surface area contributed by atoms with Gasteiger partial charge >= 0.3 is 0 Å². The Hall–Kier alpha value is -2.90. The zero-order chi connectivity index (χ0) is 21.8. The lowest BCUT2D eigenvalue weighted by Crippen LogP contribution is -2.53. The van der Waals surface area contributed by atoms with E-state index in [2.05, 4.69) is 9.97 Å². The summed E-state index contributed by atoms with van der Waals surface area (Å²) in [5.74, 6) is 0.553.